The second-order valence-corrected chi connectivity index (χ2v) is 5.50. The Kier molecular flexibility index (Phi) is 2.72. The minimum Gasteiger partial charge on any atom is -0.361 e. The normalized spacial score (nSPS) is 19.7. The number of anilines is 1. The summed E-state index contributed by atoms with van der Waals surface area (Å²) < 4.78 is 0. The van der Waals surface area contributed by atoms with Crippen LogP contribution >= 0.6 is 11.6 Å². The van der Waals surface area contributed by atoms with Crippen LogP contribution in [0.3, 0.4) is 0 Å². The first-order chi connectivity index (χ1) is 10.2. The van der Waals surface area contributed by atoms with E-state index in [2.05, 4.69) is 10.4 Å². The van der Waals surface area contributed by atoms with E-state index in [0.717, 1.165) is 11.3 Å². The van der Waals surface area contributed by atoms with Gasteiger partial charge in [-0.2, -0.15) is 5.10 Å². The van der Waals surface area contributed by atoms with Crippen molar-refractivity contribution < 1.29 is 4.79 Å². The number of fused-ring (bicyclic) bond motifs is 2. The Labute approximate surface area is 127 Å². The highest BCUT2D eigenvalue weighted by Gasteiger charge is 2.38. The third-order valence-corrected chi connectivity index (χ3v) is 4.10. The Bertz CT molecular complexity index is 757. The molecule has 0 bridgehead atoms. The molecule has 0 aromatic heterocycles. The maximum atomic E-state index is 12.5. The van der Waals surface area contributed by atoms with Crippen LogP contribution in [0.4, 0.5) is 5.69 Å². The number of halogens is 1. The van der Waals surface area contributed by atoms with Gasteiger partial charge in [0.1, 0.15) is 6.17 Å². The molecule has 2 aliphatic rings. The van der Waals surface area contributed by atoms with Crippen molar-refractivity contribution in [3.8, 4) is 0 Å². The van der Waals surface area contributed by atoms with Crippen LogP contribution in [0.2, 0.25) is 5.02 Å². The molecule has 0 saturated carbocycles. The van der Waals surface area contributed by atoms with Crippen molar-refractivity contribution in [2.45, 2.75) is 12.6 Å². The van der Waals surface area contributed by atoms with Gasteiger partial charge in [-0.3, -0.25) is 4.79 Å². The standard InChI is InChI=1S/C16H12ClN3O/c17-12-8-4-7-11-15(12)18-14-9-13(19-20(14)16(11)21)10-5-2-1-3-6-10/h1-8,14,18H,9H2. The molecule has 0 radical (unpaired) electrons. The number of carbonyl (C=O) groups excluding carboxylic acids is 1. The third-order valence-electron chi connectivity index (χ3n) is 3.78. The lowest BCUT2D eigenvalue weighted by atomic mass is 10.0. The molecule has 1 unspecified atom stereocenters. The second kappa shape index (κ2) is 4.60. The number of hydrazone groups is 1. The molecule has 1 atom stereocenters. The van der Waals surface area contributed by atoms with Crippen molar-refractivity contribution in [3.05, 3.63) is 64.7 Å². The summed E-state index contributed by atoms with van der Waals surface area (Å²) in [5.41, 5.74) is 3.22. The average molecular weight is 298 g/mol. The van der Waals surface area contributed by atoms with Gasteiger partial charge in [-0.05, 0) is 17.7 Å². The van der Waals surface area contributed by atoms with Crippen molar-refractivity contribution in [1.29, 1.82) is 0 Å². The smallest absolute Gasteiger partial charge is 0.278 e. The van der Waals surface area contributed by atoms with E-state index in [4.69, 9.17) is 11.6 Å². The van der Waals surface area contributed by atoms with Crippen molar-refractivity contribution in [1.82, 2.24) is 5.01 Å². The minimum atomic E-state index is -0.167. The highest BCUT2D eigenvalue weighted by Crippen LogP contribution is 2.35. The SMILES string of the molecule is O=C1c2cccc(Cl)c2NC2CC(c3ccccc3)=NN12. The van der Waals surface area contributed by atoms with Gasteiger partial charge in [-0.25, -0.2) is 5.01 Å². The lowest BCUT2D eigenvalue weighted by molar-refractivity contribution is 0.0718. The highest BCUT2D eigenvalue weighted by molar-refractivity contribution is 6.34. The summed E-state index contributed by atoms with van der Waals surface area (Å²) in [5, 5.41) is 9.88. The zero-order valence-electron chi connectivity index (χ0n) is 11.1. The number of hydrogen-bond acceptors (Lipinski definition) is 3. The summed E-state index contributed by atoms with van der Waals surface area (Å²) in [6.45, 7) is 0. The van der Waals surface area contributed by atoms with Crippen LogP contribution in [0.1, 0.15) is 22.3 Å². The fraction of sp³-hybridized carbons (Fsp3) is 0.125. The zero-order chi connectivity index (χ0) is 14.4. The van der Waals surface area contributed by atoms with E-state index in [0.29, 0.717) is 22.7 Å². The topological polar surface area (TPSA) is 44.7 Å². The highest BCUT2D eigenvalue weighted by atomic mass is 35.5. The number of para-hydroxylation sites is 1. The van der Waals surface area contributed by atoms with E-state index in [9.17, 15) is 4.79 Å². The molecule has 0 saturated heterocycles. The van der Waals surface area contributed by atoms with E-state index < -0.39 is 0 Å². The second-order valence-electron chi connectivity index (χ2n) is 5.09. The number of amides is 1. The molecule has 2 aromatic rings. The van der Waals surface area contributed by atoms with Crippen molar-refractivity contribution in [2.24, 2.45) is 5.10 Å². The Morgan fingerprint density at radius 1 is 1.14 bits per heavy atom. The van der Waals surface area contributed by atoms with Crippen LogP contribution in [-0.4, -0.2) is 22.8 Å². The van der Waals surface area contributed by atoms with Gasteiger partial charge in [-0.1, -0.05) is 48.0 Å². The summed E-state index contributed by atoms with van der Waals surface area (Å²) in [5.74, 6) is -0.109. The lowest BCUT2D eigenvalue weighted by Gasteiger charge is -2.30. The molecule has 0 aliphatic carbocycles. The third kappa shape index (κ3) is 1.91. The van der Waals surface area contributed by atoms with E-state index in [1.54, 1.807) is 18.2 Å². The fourth-order valence-corrected chi connectivity index (χ4v) is 2.98. The first kappa shape index (κ1) is 12.4. The van der Waals surface area contributed by atoms with Crippen LogP contribution in [0, 0.1) is 0 Å². The van der Waals surface area contributed by atoms with Crippen molar-refractivity contribution in [3.63, 3.8) is 0 Å². The van der Waals surface area contributed by atoms with Gasteiger partial charge >= 0.3 is 0 Å². The number of benzene rings is 2. The molecule has 0 spiro atoms. The summed E-state index contributed by atoms with van der Waals surface area (Å²) in [4.78, 5) is 12.5. The fourth-order valence-electron chi connectivity index (χ4n) is 2.75. The van der Waals surface area contributed by atoms with Gasteiger partial charge in [-0.15, -0.1) is 0 Å². The maximum Gasteiger partial charge on any atom is 0.278 e. The molecule has 0 fully saturated rings. The van der Waals surface area contributed by atoms with Crippen LogP contribution in [-0.2, 0) is 0 Å². The maximum absolute atomic E-state index is 12.5. The zero-order valence-corrected chi connectivity index (χ0v) is 11.8. The Morgan fingerprint density at radius 2 is 1.95 bits per heavy atom. The van der Waals surface area contributed by atoms with E-state index in [1.165, 1.54) is 5.01 Å². The van der Waals surface area contributed by atoms with E-state index >= 15 is 0 Å². The number of carbonyl (C=O) groups is 1. The quantitative estimate of drug-likeness (QED) is 0.877. The van der Waals surface area contributed by atoms with Crippen molar-refractivity contribution in [2.75, 3.05) is 5.32 Å². The summed E-state index contributed by atoms with van der Waals surface area (Å²) >= 11 is 6.18. The predicted molar refractivity (Wildman–Crippen MR) is 82.6 cm³/mol. The van der Waals surface area contributed by atoms with Gasteiger partial charge in [0.25, 0.3) is 5.91 Å². The Morgan fingerprint density at radius 3 is 2.76 bits per heavy atom. The molecular weight excluding hydrogens is 286 g/mol. The summed E-state index contributed by atoms with van der Waals surface area (Å²) in [6, 6.07) is 15.2. The number of rotatable bonds is 1. The van der Waals surface area contributed by atoms with E-state index in [1.807, 2.05) is 30.3 Å². The number of nitrogens with one attached hydrogen (secondary N) is 1. The number of nitrogens with zero attached hydrogens (tertiary/aromatic N) is 2. The van der Waals surface area contributed by atoms with Crippen LogP contribution in [0.5, 0.6) is 0 Å². The molecular formula is C16H12ClN3O. The molecule has 1 N–H and O–H groups in total. The van der Waals surface area contributed by atoms with E-state index in [-0.39, 0.29) is 12.1 Å². The minimum absolute atomic E-state index is 0.109. The molecule has 21 heavy (non-hydrogen) atoms. The molecule has 2 aromatic carbocycles. The van der Waals surface area contributed by atoms with Gasteiger partial charge in [0.15, 0.2) is 0 Å². The number of hydrogen-bond donors (Lipinski definition) is 1. The predicted octanol–water partition coefficient (Wildman–Crippen LogP) is 3.34. The molecule has 2 heterocycles. The van der Waals surface area contributed by atoms with Gasteiger partial charge in [0, 0.05) is 6.42 Å². The average Bonchev–Trinajstić information content (AvgIpc) is 2.94. The first-order valence-electron chi connectivity index (χ1n) is 6.75. The molecule has 1 amide bonds. The van der Waals surface area contributed by atoms with Crippen molar-refractivity contribution >= 4 is 28.9 Å². The van der Waals surface area contributed by atoms with Gasteiger partial charge in [0.05, 0.1) is 22.0 Å². The molecule has 104 valence electrons. The van der Waals surface area contributed by atoms with Gasteiger partial charge in [0.2, 0.25) is 0 Å². The van der Waals surface area contributed by atoms with Crippen LogP contribution in [0.15, 0.2) is 53.6 Å². The molecule has 4 nitrogen and oxygen atoms in total. The molecule has 4 rings (SSSR count). The van der Waals surface area contributed by atoms with Crippen LogP contribution in [0.25, 0.3) is 0 Å². The monoisotopic (exact) mass is 297 g/mol. The Balaban J connectivity index is 1.73. The molecule has 2 aliphatic heterocycles. The lowest BCUT2D eigenvalue weighted by Crippen LogP contribution is -2.42. The van der Waals surface area contributed by atoms with Crippen LogP contribution < -0.4 is 5.32 Å². The Hall–Kier alpha value is -2.33. The van der Waals surface area contributed by atoms with Gasteiger partial charge < -0.3 is 5.32 Å². The summed E-state index contributed by atoms with van der Waals surface area (Å²) in [7, 11) is 0. The molecule has 5 heteroatoms. The first-order valence-corrected chi connectivity index (χ1v) is 7.13. The largest absolute Gasteiger partial charge is 0.361 e. The summed E-state index contributed by atoms with van der Waals surface area (Å²) in [6.07, 6.45) is 0.501.